The lowest BCUT2D eigenvalue weighted by atomic mass is 9.93. The highest BCUT2D eigenvalue weighted by Crippen LogP contribution is 2.16. The molecule has 0 saturated heterocycles. The Morgan fingerprint density at radius 1 is 1.12 bits per heavy atom. The zero-order valence-corrected chi connectivity index (χ0v) is 11.7. The van der Waals surface area contributed by atoms with E-state index in [0.29, 0.717) is 12.3 Å². The largest absolute Gasteiger partial charge is 0.384 e. The van der Waals surface area contributed by atoms with Gasteiger partial charge in [0.15, 0.2) is 5.78 Å². The number of amides is 1. The van der Waals surface area contributed by atoms with Crippen LogP contribution in [0.1, 0.15) is 41.0 Å². The Kier molecular flexibility index (Phi) is 6.39. The molecular weight excluding hydrogens is 218 g/mol. The lowest BCUT2D eigenvalue weighted by molar-refractivity contribution is -0.145. The maximum absolute atomic E-state index is 12.1. The zero-order valence-electron chi connectivity index (χ0n) is 11.7. The second kappa shape index (κ2) is 6.74. The van der Waals surface area contributed by atoms with Gasteiger partial charge in [-0.15, -0.1) is 0 Å². The first-order chi connectivity index (χ1) is 7.68. The Morgan fingerprint density at radius 3 is 1.88 bits per heavy atom. The molecule has 0 unspecified atom stereocenters. The Hall–Kier alpha value is -0.900. The van der Waals surface area contributed by atoms with E-state index >= 15 is 0 Å². The van der Waals surface area contributed by atoms with Crippen LogP contribution in [0.25, 0.3) is 0 Å². The van der Waals surface area contributed by atoms with Crippen molar-refractivity contribution in [2.24, 2.45) is 11.8 Å². The van der Waals surface area contributed by atoms with Gasteiger partial charge in [-0.05, 0) is 19.3 Å². The molecule has 100 valence electrons. The van der Waals surface area contributed by atoms with Gasteiger partial charge in [0.1, 0.15) is 6.10 Å². The number of carbonyl (C=O) groups excluding carboxylic acids is 2. The molecule has 0 rings (SSSR count). The molecule has 4 heteroatoms. The van der Waals surface area contributed by atoms with Crippen LogP contribution in [0.3, 0.4) is 0 Å². The third-order valence-corrected chi connectivity index (χ3v) is 2.76. The molecule has 0 fully saturated rings. The third-order valence-electron chi connectivity index (χ3n) is 2.76. The van der Waals surface area contributed by atoms with Gasteiger partial charge < -0.3 is 10.0 Å². The van der Waals surface area contributed by atoms with Crippen LogP contribution in [-0.2, 0) is 9.59 Å². The lowest BCUT2D eigenvalue weighted by Crippen LogP contribution is -2.47. The standard InChI is InChI=1S/C13H25NO3/c1-8(2)7-11(12(16)9(3)4)14(6)13(17)10(5)15/h8-11,15H,7H2,1-6H3/t10-,11+/m0/s1. The van der Waals surface area contributed by atoms with Gasteiger partial charge in [0.25, 0.3) is 5.91 Å². The van der Waals surface area contributed by atoms with E-state index in [0.717, 1.165) is 0 Å². The average Bonchev–Trinajstić information content (AvgIpc) is 2.22. The number of ketones is 1. The molecule has 0 aliphatic rings. The van der Waals surface area contributed by atoms with Crippen molar-refractivity contribution < 1.29 is 14.7 Å². The molecule has 1 N–H and O–H groups in total. The number of carbonyl (C=O) groups is 2. The highest BCUT2D eigenvalue weighted by molar-refractivity contribution is 5.91. The summed E-state index contributed by atoms with van der Waals surface area (Å²) >= 11 is 0. The first-order valence-corrected chi connectivity index (χ1v) is 6.16. The van der Waals surface area contributed by atoms with E-state index in [4.69, 9.17) is 0 Å². The van der Waals surface area contributed by atoms with Crippen LogP contribution in [0.2, 0.25) is 0 Å². The first-order valence-electron chi connectivity index (χ1n) is 6.16. The van der Waals surface area contributed by atoms with Crippen LogP contribution in [0.5, 0.6) is 0 Å². The SMILES string of the molecule is CC(C)C[C@H](C(=O)C(C)C)N(C)C(=O)[C@H](C)O. The molecule has 0 bridgehead atoms. The summed E-state index contributed by atoms with van der Waals surface area (Å²) in [4.78, 5) is 25.2. The quantitative estimate of drug-likeness (QED) is 0.768. The minimum atomic E-state index is -1.06. The summed E-state index contributed by atoms with van der Waals surface area (Å²) in [5.41, 5.74) is 0. The van der Waals surface area contributed by atoms with Gasteiger partial charge >= 0.3 is 0 Å². The van der Waals surface area contributed by atoms with Gasteiger partial charge in [0.05, 0.1) is 6.04 Å². The number of Topliss-reactive ketones (excluding diaryl/α,β-unsaturated/α-hetero) is 1. The van der Waals surface area contributed by atoms with Gasteiger partial charge in [0, 0.05) is 13.0 Å². The third kappa shape index (κ3) is 4.86. The van der Waals surface area contributed by atoms with Crippen molar-refractivity contribution in [1.29, 1.82) is 0 Å². The number of hydrogen-bond acceptors (Lipinski definition) is 3. The molecule has 17 heavy (non-hydrogen) atoms. The molecule has 1 amide bonds. The van der Waals surface area contributed by atoms with E-state index in [1.54, 1.807) is 7.05 Å². The first kappa shape index (κ1) is 16.1. The fourth-order valence-electron chi connectivity index (χ4n) is 1.74. The molecule has 0 aromatic heterocycles. The van der Waals surface area contributed by atoms with E-state index in [-0.39, 0.29) is 11.7 Å². The number of aliphatic hydroxyl groups is 1. The molecule has 0 aliphatic carbocycles. The van der Waals surface area contributed by atoms with Gasteiger partial charge in [-0.2, -0.15) is 0 Å². The van der Waals surface area contributed by atoms with E-state index in [9.17, 15) is 14.7 Å². The van der Waals surface area contributed by atoms with E-state index in [1.165, 1.54) is 11.8 Å². The van der Waals surface area contributed by atoms with E-state index in [1.807, 2.05) is 27.7 Å². The van der Waals surface area contributed by atoms with Crippen LogP contribution >= 0.6 is 0 Å². The minimum absolute atomic E-state index is 0.0511. The number of rotatable bonds is 6. The van der Waals surface area contributed by atoms with Crippen LogP contribution in [0, 0.1) is 11.8 Å². The fraction of sp³-hybridized carbons (Fsp3) is 0.846. The molecule has 0 heterocycles. The second-order valence-electron chi connectivity index (χ2n) is 5.33. The highest BCUT2D eigenvalue weighted by Gasteiger charge is 2.30. The molecule has 0 radical (unpaired) electrons. The summed E-state index contributed by atoms with van der Waals surface area (Å²) in [6.45, 7) is 9.11. The van der Waals surface area contributed by atoms with Crippen LogP contribution in [0.4, 0.5) is 0 Å². The second-order valence-corrected chi connectivity index (χ2v) is 5.33. The number of hydrogen-bond donors (Lipinski definition) is 1. The molecule has 0 spiro atoms. The molecule has 0 saturated carbocycles. The van der Waals surface area contributed by atoms with Crippen LogP contribution in [-0.4, -0.2) is 40.9 Å². The molecule has 0 aliphatic heterocycles. The smallest absolute Gasteiger partial charge is 0.251 e. The summed E-state index contributed by atoms with van der Waals surface area (Å²) in [5.74, 6) is -0.130. The summed E-state index contributed by atoms with van der Waals surface area (Å²) < 4.78 is 0. The maximum atomic E-state index is 12.1. The fourth-order valence-corrected chi connectivity index (χ4v) is 1.74. The number of nitrogens with zero attached hydrogens (tertiary/aromatic N) is 1. The van der Waals surface area contributed by atoms with Crippen molar-refractivity contribution in [1.82, 2.24) is 4.90 Å². The Bertz CT molecular complexity index is 272. The molecule has 0 aromatic rings. The Morgan fingerprint density at radius 2 is 1.59 bits per heavy atom. The summed E-state index contributed by atoms with van der Waals surface area (Å²) in [6.07, 6.45) is -0.430. The van der Waals surface area contributed by atoms with Crippen molar-refractivity contribution in [3.63, 3.8) is 0 Å². The van der Waals surface area contributed by atoms with Gasteiger partial charge in [-0.25, -0.2) is 0 Å². The predicted molar refractivity (Wildman–Crippen MR) is 67.5 cm³/mol. The predicted octanol–water partition coefficient (Wildman–Crippen LogP) is 1.47. The number of aliphatic hydroxyl groups excluding tert-OH is 1. The Labute approximate surface area is 104 Å². The van der Waals surface area contributed by atoms with Crippen molar-refractivity contribution in [3.8, 4) is 0 Å². The zero-order chi connectivity index (χ0) is 13.7. The summed E-state index contributed by atoms with van der Waals surface area (Å²) in [7, 11) is 1.59. The van der Waals surface area contributed by atoms with Crippen molar-refractivity contribution in [2.75, 3.05) is 7.05 Å². The van der Waals surface area contributed by atoms with Gasteiger partial charge in [0.2, 0.25) is 0 Å². The molecule has 4 nitrogen and oxygen atoms in total. The summed E-state index contributed by atoms with van der Waals surface area (Å²) in [6, 6.07) is -0.433. The normalized spacial score (nSPS) is 14.9. The Balaban J connectivity index is 4.91. The maximum Gasteiger partial charge on any atom is 0.251 e. The average molecular weight is 243 g/mol. The van der Waals surface area contributed by atoms with Crippen molar-refractivity contribution in [3.05, 3.63) is 0 Å². The van der Waals surface area contributed by atoms with E-state index < -0.39 is 18.1 Å². The van der Waals surface area contributed by atoms with E-state index in [2.05, 4.69) is 0 Å². The van der Waals surface area contributed by atoms with Crippen molar-refractivity contribution in [2.45, 2.75) is 53.2 Å². The van der Waals surface area contributed by atoms with Crippen molar-refractivity contribution >= 4 is 11.7 Å². The summed E-state index contributed by atoms with van der Waals surface area (Å²) in [5, 5.41) is 9.29. The van der Waals surface area contributed by atoms with Gasteiger partial charge in [-0.3, -0.25) is 9.59 Å². The number of likely N-dealkylation sites (N-methyl/N-ethyl adjacent to an activating group) is 1. The monoisotopic (exact) mass is 243 g/mol. The lowest BCUT2D eigenvalue weighted by Gasteiger charge is -2.30. The molecule has 2 atom stereocenters. The van der Waals surface area contributed by atoms with Crippen LogP contribution < -0.4 is 0 Å². The minimum Gasteiger partial charge on any atom is -0.384 e. The van der Waals surface area contributed by atoms with Gasteiger partial charge in [-0.1, -0.05) is 27.7 Å². The van der Waals surface area contributed by atoms with Crippen LogP contribution in [0.15, 0.2) is 0 Å². The highest BCUT2D eigenvalue weighted by atomic mass is 16.3. The topological polar surface area (TPSA) is 57.6 Å². The molecule has 0 aromatic carbocycles. The molecular formula is C13H25NO3.